The average Bonchev–Trinajstić information content (AvgIpc) is 2.50. The fourth-order valence-corrected chi connectivity index (χ4v) is 3.80. The summed E-state index contributed by atoms with van der Waals surface area (Å²) in [4.78, 5) is 0. The minimum absolute atomic E-state index is 0. The quantitative estimate of drug-likeness (QED) is 0.163. The molecule has 0 rings (SSSR count). The van der Waals surface area contributed by atoms with Crippen LogP contribution in [0.25, 0.3) is 0 Å². The first-order chi connectivity index (χ1) is 10.4. The summed E-state index contributed by atoms with van der Waals surface area (Å²) in [5.74, 6) is 2.82. The molecule has 0 aliphatic rings. The van der Waals surface area contributed by atoms with Gasteiger partial charge in [-0.2, -0.15) is 11.8 Å². The van der Waals surface area contributed by atoms with Crippen molar-refractivity contribution in [3.8, 4) is 0 Å². The Balaban J connectivity index is 0. The molecule has 2 heteroatoms. The van der Waals surface area contributed by atoms with Crippen molar-refractivity contribution in [2.24, 2.45) is 0 Å². The zero-order valence-electron chi connectivity index (χ0n) is 15.5. The van der Waals surface area contributed by atoms with Gasteiger partial charge in [-0.15, -0.1) is 0 Å². The van der Waals surface area contributed by atoms with Crippen LogP contribution in [0, 0.1) is 0 Å². The SMILES string of the molecule is CCCCCCCCCCSCCCCCCCCCC.[Mo]. The van der Waals surface area contributed by atoms with Gasteiger partial charge in [-0.05, 0) is 24.3 Å². The maximum atomic E-state index is 2.30. The number of thioether (sulfide) groups is 1. The zero-order valence-corrected chi connectivity index (χ0v) is 18.4. The molecule has 0 aliphatic heterocycles. The number of rotatable bonds is 18. The molecule has 0 aliphatic carbocycles. The van der Waals surface area contributed by atoms with Crippen molar-refractivity contribution in [1.29, 1.82) is 0 Å². The first-order valence-corrected chi connectivity index (χ1v) is 11.1. The molecule has 0 heterocycles. The maximum absolute atomic E-state index is 2.30. The molecular formula is C20H42MoS. The molecule has 22 heavy (non-hydrogen) atoms. The van der Waals surface area contributed by atoms with Gasteiger partial charge in [0.15, 0.2) is 0 Å². The van der Waals surface area contributed by atoms with E-state index in [0.29, 0.717) is 0 Å². The summed E-state index contributed by atoms with van der Waals surface area (Å²) >= 11 is 2.20. The zero-order chi connectivity index (χ0) is 15.4. The molecule has 0 spiro atoms. The van der Waals surface area contributed by atoms with Gasteiger partial charge in [0.2, 0.25) is 0 Å². The second-order valence-corrected chi connectivity index (χ2v) is 7.79. The largest absolute Gasteiger partial charge is 0.162 e. The molecule has 134 valence electrons. The van der Waals surface area contributed by atoms with E-state index in [1.54, 1.807) is 0 Å². The molecule has 0 aromatic rings. The van der Waals surface area contributed by atoms with Gasteiger partial charge in [0.1, 0.15) is 0 Å². The summed E-state index contributed by atoms with van der Waals surface area (Å²) in [5.41, 5.74) is 0. The van der Waals surface area contributed by atoms with Crippen LogP contribution in [0.15, 0.2) is 0 Å². The van der Waals surface area contributed by atoms with Crippen LogP contribution in [-0.4, -0.2) is 11.5 Å². The predicted molar refractivity (Wildman–Crippen MR) is 103 cm³/mol. The Labute approximate surface area is 160 Å². The number of unbranched alkanes of at least 4 members (excludes halogenated alkanes) is 14. The normalized spacial score (nSPS) is 10.6. The maximum Gasteiger partial charge on any atom is 0 e. The molecule has 0 aromatic heterocycles. The molecular weight excluding hydrogens is 368 g/mol. The van der Waals surface area contributed by atoms with Crippen LogP contribution in [0.4, 0.5) is 0 Å². The van der Waals surface area contributed by atoms with Crippen molar-refractivity contribution < 1.29 is 21.1 Å². The molecule has 0 bridgehead atoms. The van der Waals surface area contributed by atoms with Crippen LogP contribution in [0.2, 0.25) is 0 Å². The van der Waals surface area contributed by atoms with Gasteiger partial charge >= 0.3 is 0 Å². The van der Waals surface area contributed by atoms with E-state index < -0.39 is 0 Å². The van der Waals surface area contributed by atoms with Crippen LogP contribution in [0.3, 0.4) is 0 Å². The molecule has 0 nitrogen and oxygen atoms in total. The molecule has 0 unspecified atom stereocenters. The Kier molecular flexibility index (Phi) is 27.9. The van der Waals surface area contributed by atoms with Gasteiger partial charge in [-0.1, -0.05) is 104 Å². The summed E-state index contributed by atoms with van der Waals surface area (Å²) < 4.78 is 0. The van der Waals surface area contributed by atoms with E-state index >= 15 is 0 Å². The number of hydrogen-bond acceptors (Lipinski definition) is 1. The molecule has 0 saturated carbocycles. The van der Waals surface area contributed by atoms with Crippen LogP contribution in [-0.2, 0) is 21.1 Å². The Bertz CT molecular complexity index is 155. The Hall–Kier alpha value is 1.04. The minimum atomic E-state index is 0. The van der Waals surface area contributed by atoms with Crippen molar-refractivity contribution in [3.05, 3.63) is 0 Å². The summed E-state index contributed by atoms with van der Waals surface area (Å²) in [6, 6.07) is 0. The third kappa shape index (κ3) is 23.3. The predicted octanol–water partition coefficient (Wildman–Crippen LogP) is 8.00. The van der Waals surface area contributed by atoms with E-state index in [1.165, 1.54) is 114 Å². The van der Waals surface area contributed by atoms with Crippen LogP contribution in [0.5, 0.6) is 0 Å². The summed E-state index contributed by atoms with van der Waals surface area (Å²) in [6.07, 6.45) is 23.2. The molecule has 0 fully saturated rings. The van der Waals surface area contributed by atoms with Crippen molar-refractivity contribution >= 4 is 11.8 Å². The molecule has 0 atom stereocenters. The van der Waals surface area contributed by atoms with Gasteiger partial charge in [0, 0.05) is 21.1 Å². The van der Waals surface area contributed by atoms with Gasteiger partial charge in [0.05, 0.1) is 0 Å². The molecule has 0 radical (unpaired) electrons. The van der Waals surface area contributed by atoms with Gasteiger partial charge in [-0.3, -0.25) is 0 Å². The van der Waals surface area contributed by atoms with Crippen molar-refractivity contribution in [3.63, 3.8) is 0 Å². The number of hydrogen-bond donors (Lipinski definition) is 0. The summed E-state index contributed by atoms with van der Waals surface area (Å²) in [6.45, 7) is 4.59. The fraction of sp³-hybridized carbons (Fsp3) is 1.00. The third-order valence-corrected chi connectivity index (χ3v) is 5.44. The first-order valence-electron chi connectivity index (χ1n) is 9.99. The van der Waals surface area contributed by atoms with Crippen molar-refractivity contribution in [2.45, 2.75) is 117 Å². The van der Waals surface area contributed by atoms with E-state index in [1.807, 2.05) is 0 Å². The first kappa shape index (κ1) is 25.3. The van der Waals surface area contributed by atoms with Crippen molar-refractivity contribution in [2.75, 3.05) is 11.5 Å². The topological polar surface area (TPSA) is 0 Å². The second-order valence-electron chi connectivity index (χ2n) is 6.56. The Morgan fingerprint density at radius 1 is 0.409 bits per heavy atom. The molecule has 0 amide bonds. The van der Waals surface area contributed by atoms with Crippen LogP contribution < -0.4 is 0 Å². The standard InChI is InChI=1S/C20H42S.Mo/c1-3-5-7-9-11-13-15-17-19-21-20-18-16-14-12-10-8-6-4-2;/h3-20H2,1-2H3;. The minimum Gasteiger partial charge on any atom is -0.162 e. The van der Waals surface area contributed by atoms with E-state index in [-0.39, 0.29) is 21.1 Å². The van der Waals surface area contributed by atoms with E-state index in [4.69, 9.17) is 0 Å². The monoisotopic (exact) mass is 412 g/mol. The Morgan fingerprint density at radius 3 is 1.00 bits per heavy atom. The smallest absolute Gasteiger partial charge is 0 e. The summed E-state index contributed by atoms with van der Waals surface area (Å²) in [5, 5.41) is 0. The molecule has 0 saturated heterocycles. The second kappa shape index (κ2) is 24.3. The van der Waals surface area contributed by atoms with Gasteiger partial charge in [-0.25, -0.2) is 0 Å². The van der Waals surface area contributed by atoms with Crippen molar-refractivity contribution in [1.82, 2.24) is 0 Å². The summed E-state index contributed by atoms with van der Waals surface area (Å²) in [7, 11) is 0. The average molecular weight is 411 g/mol. The van der Waals surface area contributed by atoms with Crippen LogP contribution in [0.1, 0.15) is 117 Å². The third-order valence-electron chi connectivity index (χ3n) is 4.28. The molecule has 0 N–H and O–H groups in total. The van der Waals surface area contributed by atoms with Gasteiger partial charge < -0.3 is 0 Å². The van der Waals surface area contributed by atoms with Crippen LogP contribution >= 0.6 is 11.8 Å². The fourth-order valence-electron chi connectivity index (χ4n) is 2.78. The van der Waals surface area contributed by atoms with E-state index in [9.17, 15) is 0 Å². The Morgan fingerprint density at radius 2 is 0.682 bits per heavy atom. The molecule has 0 aromatic carbocycles. The van der Waals surface area contributed by atoms with Gasteiger partial charge in [0.25, 0.3) is 0 Å². The van der Waals surface area contributed by atoms with E-state index in [0.717, 1.165) is 0 Å². The van der Waals surface area contributed by atoms with E-state index in [2.05, 4.69) is 25.6 Å².